The predicted octanol–water partition coefficient (Wildman–Crippen LogP) is 4.04. The van der Waals surface area contributed by atoms with Crippen molar-refractivity contribution in [2.45, 2.75) is 31.3 Å². The number of hydrogen-bond acceptors (Lipinski definition) is 6. The average Bonchev–Trinajstić information content (AvgIpc) is 3.33. The lowest BCUT2D eigenvalue weighted by Gasteiger charge is -2.38. The predicted molar refractivity (Wildman–Crippen MR) is 137 cm³/mol. The molecule has 1 fully saturated rings. The van der Waals surface area contributed by atoms with Gasteiger partial charge in [-0.3, -0.25) is 0 Å². The second-order valence-corrected chi connectivity index (χ2v) is 9.19. The van der Waals surface area contributed by atoms with Crippen LogP contribution in [0.1, 0.15) is 29.5 Å². The lowest BCUT2D eigenvalue weighted by molar-refractivity contribution is 0.0515. The SMILES string of the molecule is COc1cc(N2Cc3ccccc3C2)nc(NC(=S)NCC2(c3ccccc3)CCOCC2)n1. The number of nitrogens with one attached hydrogen (secondary N) is 2. The molecule has 2 aliphatic heterocycles. The summed E-state index contributed by atoms with van der Waals surface area (Å²) in [5.74, 6) is 1.72. The number of fused-ring (bicyclic) bond motifs is 1. The minimum atomic E-state index is -0.0209. The van der Waals surface area contributed by atoms with E-state index in [-0.39, 0.29) is 5.41 Å². The van der Waals surface area contributed by atoms with E-state index in [1.165, 1.54) is 16.7 Å². The first kappa shape index (κ1) is 22.6. The van der Waals surface area contributed by atoms with Crippen LogP contribution in [0.3, 0.4) is 0 Å². The zero-order valence-corrected chi connectivity index (χ0v) is 20.1. The van der Waals surface area contributed by atoms with Crippen molar-refractivity contribution >= 4 is 29.1 Å². The van der Waals surface area contributed by atoms with Crippen LogP contribution in [0.2, 0.25) is 0 Å². The van der Waals surface area contributed by atoms with E-state index in [2.05, 4.69) is 69.0 Å². The van der Waals surface area contributed by atoms with Gasteiger partial charge < -0.3 is 25.0 Å². The lowest BCUT2D eigenvalue weighted by Crippen LogP contribution is -2.45. The monoisotopic (exact) mass is 475 g/mol. The summed E-state index contributed by atoms with van der Waals surface area (Å²) in [6.07, 6.45) is 1.89. The molecule has 3 heterocycles. The Bertz CT molecular complexity index is 1130. The number of thiocarbonyl (C=S) groups is 1. The maximum absolute atomic E-state index is 5.64. The van der Waals surface area contributed by atoms with Crippen molar-refractivity contribution in [1.82, 2.24) is 15.3 Å². The maximum Gasteiger partial charge on any atom is 0.234 e. The molecule has 7 nitrogen and oxygen atoms in total. The zero-order valence-electron chi connectivity index (χ0n) is 19.3. The highest BCUT2D eigenvalue weighted by Crippen LogP contribution is 2.34. The van der Waals surface area contributed by atoms with E-state index in [9.17, 15) is 0 Å². The third-order valence-electron chi connectivity index (χ3n) is 6.71. The summed E-state index contributed by atoms with van der Waals surface area (Å²) < 4.78 is 11.1. The average molecular weight is 476 g/mol. The number of aromatic nitrogens is 2. The Kier molecular flexibility index (Phi) is 6.60. The van der Waals surface area contributed by atoms with Gasteiger partial charge in [0.2, 0.25) is 11.8 Å². The molecule has 0 aliphatic carbocycles. The highest BCUT2D eigenvalue weighted by Gasteiger charge is 2.34. The normalized spacial score (nSPS) is 16.6. The fraction of sp³-hybridized carbons (Fsp3) is 0.346. The smallest absolute Gasteiger partial charge is 0.234 e. The van der Waals surface area contributed by atoms with E-state index >= 15 is 0 Å². The molecule has 34 heavy (non-hydrogen) atoms. The number of benzene rings is 2. The summed E-state index contributed by atoms with van der Waals surface area (Å²) >= 11 is 5.63. The summed E-state index contributed by atoms with van der Waals surface area (Å²) in [6.45, 7) is 3.82. The standard InChI is InChI=1S/C26H29N5O2S/c1-32-23-15-22(31-16-19-7-5-6-8-20(19)17-31)28-24(29-23)30-25(34)27-18-26(11-13-33-14-12-26)21-9-3-2-4-10-21/h2-10,15H,11-14,16-18H2,1H3,(H2,27,28,29,30,34). The Labute approximate surface area is 205 Å². The van der Waals surface area contributed by atoms with Crippen molar-refractivity contribution in [1.29, 1.82) is 0 Å². The highest BCUT2D eigenvalue weighted by atomic mass is 32.1. The van der Waals surface area contributed by atoms with Gasteiger partial charge in [-0.15, -0.1) is 0 Å². The van der Waals surface area contributed by atoms with Gasteiger partial charge >= 0.3 is 0 Å². The van der Waals surface area contributed by atoms with Crippen LogP contribution in [0.5, 0.6) is 5.88 Å². The van der Waals surface area contributed by atoms with Gasteiger partial charge in [0, 0.05) is 44.3 Å². The molecule has 5 rings (SSSR count). The largest absolute Gasteiger partial charge is 0.481 e. The molecule has 0 atom stereocenters. The summed E-state index contributed by atoms with van der Waals surface area (Å²) in [7, 11) is 1.61. The van der Waals surface area contributed by atoms with E-state index in [0.717, 1.165) is 45.0 Å². The molecule has 2 aliphatic rings. The Hall–Kier alpha value is -3.23. The fourth-order valence-corrected chi connectivity index (χ4v) is 4.91. The highest BCUT2D eigenvalue weighted by molar-refractivity contribution is 7.80. The van der Waals surface area contributed by atoms with Crippen molar-refractivity contribution in [3.63, 3.8) is 0 Å². The van der Waals surface area contributed by atoms with Crippen LogP contribution >= 0.6 is 12.2 Å². The molecule has 0 spiro atoms. The molecule has 1 saturated heterocycles. The van der Waals surface area contributed by atoms with Crippen LogP contribution in [-0.4, -0.2) is 41.9 Å². The van der Waals surface area contributed by atoms with Crippen LogP contribution in [0.15, 0.2) is 60.7 Å². The third kappa shape index (κ3) is 4.83. The molecule has 8 heteroatoms. The van der Waals surface area contributed by atoms with Gasteiger partial charge in [-0.2, -0.15) is 9.97 Å². The van der Waals surface area contributed by atoms with Crippen LogP contribution in [0, 0.1) is 0 Å². The molecule has 176 valence electrons. The molecule has 0 bridgehead atoms. The first-order chi connectivity index (χ1) is 16.6. The van der Waals surface area contributed by atoms with Gasteiger partial charge in [-0.05, 0) is 41.7 Å². The molecule has 3 aromatic rings. The molecule has 2 N–H and O–H groups in total. The van der Waals surface area contributed by atoms with Crippen molar-refractivity contribution in [3.8, 4) is 5.88 Å². The van der Waals surface area contributed by atoms with E-state index in [0.29, 0.717) is 23.5 Å². The van der Waals surface area contributed by atoms with Crippen LogP contribution in [0.25, 0.3) is 0 Å². The van der Waals surface area contributed by atoms with Gasteiger partial charge in [0.1, 0.15) is 5.82 Å². The number of rotatable bonds is 6. The topological polar surface area (TPSA) is 71.5 Å². The first-order valence-corrected chi connectivity index (χ1v) is 12.0. The van der Waals surface area contributed by atoms with Gasteiger partial charge in [-0.25, -0.2) is 0 Å². The summed E-state index contributed by atoms with van der Waals surface area (Å²) in [5, 5.41) is 7.07. The summed E-state index contributed by atoms with van der Waals surface area (Å²) in [6, 6.07) is 20.9. The van der Waals surface area contributed by atoms with Crippen molar-refractivity contribution < 1.29 is 9.47 Å². The molecular weight excluding hydrogens is 446 g/mol. The molecule has 0 saturated carbocycles. The van der Waals surface area contributed by atoms with E-state index in [4.69, 9.17) is 26.7 Å². The first-order valence-electron chi connectivity index (χ1n) is 11.6. The maximum atomic E-state index is 5.64. The number of nitrogens with zero attached hydrogens (tertiary/aromatic N) is 3. The lowest BCUT2D eigenvalue weighted by atomic mass is 9.74. The molecule has 0 amide bonds. The van der Waals surface area contributed by atoms with E-state index in [1.54, 1.807) is 7.11 Å². The number of methoxy groups -OCH3 is 1. The van der Waals surface area contributed by atoms with Gasteiger partial charge in [0.15, 0.2) is 5.11 Å². The van der Waals surface area contributed by atoms with Gasteiger partial charge in [-0.1, -0.05) is 54.6 Å². The zero-order chi connectivity index (χ0) is 23.4. The molecule has 0 unspecified atom stereocenters. The Balaban J connectivity index is 1.28. The van der Waals surface area contributed by atoms with Crippen LogP contribution in [-0.2, 0) is 23.2 Å². The Morgan fingerprint density at radius 1 is 1.03 bits per heavy atom. The number of anilines is 2. The second-order valence-electron chi connectivity index (χ2n) is 8.78. The van der Waals surface area contributed by atoms with Crippen molar-refractivity contribution in [2.75, 3.05) is 37.1 Å². The quantitative estimate of drug-likeness (QED) is 0.518. The Morgan fingerprint density at radius 3 is 2.38 bits per heavy atom. The fourth-order valence-electron chi connectivity index (χ4n) is 4.75. The van der Waals surface area contributed by atoms with E-state index < -0.39 is 0 Å². The van der Waals surface area contributed by atoms with Gasteiger partial charge in [0.05, 0.1) is 7.11 Å². The van der Waals surface area contributed by atoms with Gasteiger partial charge in [0.25, 0.3) is 0 Å². The van der Waals surface area contributed by atoms with Crippen LogP contribution < -0.4 is 20.3 Å². The number of ether oxygens (including phenoxy) is 2. The number of hydrogen-bond donors (Lipinski definition) is 2. The van der Waals surface area contributed by atoms with Crippen LogP contribution in [0.4, 0.5) is 11.8 Å². The summed E-state index contributed by atoms with van der Waals surface area (Å²) in [5.41, 5.74) is 3.92. The van der Waals surface area contributed by atoms with Crippen molar-refractivity contribution in [3.05, 3.63) is 77.4 Å². The molecular formula is C26H29N5O2S. The second kappa shape index (κ2) is 9.95. The van der Waals surface area contributed by atoms with Crippen molar-refractivity contribution in [2.24, 2.45) is 0 Å². The molecule has 0 radical (unpaired) electrons. The van der Waals surface area contributed by atoms with E-state index in [1.807, 2.05) is 12.1 Å². The Morgan fingerprint density at radius 2 is 1.71 bits per heavy atom. The summed E-state index contributed by atoms with van der Waals surface area (Å²) in [4.78, 5) is 11.4. The molecule has 2 aromatic carbocycles. The minimum absolute atomic E-state index is 0.0209. The molecule has 1 aromatic heterocycles. The third-order valence-corrected chi connectivity index (χ3v) is 6.96. The minimum Gasteiger partial charge on any atom is -0.481 e.